The van der Waals surface area contributed by atoms with Crippen molar-refractivity contribution >= 4 is 23.3 Å². The molecule has 7 heteroatoms. The third-order valence-electron chi connectivity index (χ3n) is 3.89. The first kappa shape index (κ1) is 14.5. The predicted octanol–water partition coefficient (Wildman–Crippen LogP) is 1.31. The molecule has 0 radical (unpaired) electrons. The molecule has 116 valence electrons. The van der Waals surface area contributed by atoms with Crippen LogP contribution in [0.4, 0.5) is 5.82 Å². The Morgan fingerprint density at radius 2 is 2.14 bits per heavy atom. The molecule has 3 rings (SSSR count). The molecule has 2 aromatic heterocycles. The fourth-order valence-electron chi connectivity index (χ4n) is 2.90. The van der Waals surface area contributed by atoms with Crippen molar-refractivity contribution in [3.05, 3.63) is 24.5 Å². The van der Waals surface area contributed by atoms with Crippen LogP contribution in [-0.2, 0) is 9.59 Å². The molecule has 1 N–H and O–H groups in total. The lowest BCUT2D eigenvalue weighted by Crippen LogP contribution is -2.48. The zero-order valence-corrected chi connectivity index (χ0v) is 12.7. The topological polar surface area (TPSA) is 79.6 Å². The molecule has 7 nitrogen and oxygen atoms in total. The van der Waals surface area contributed by atoms with Crippen molar-refractivity contribution in [3.63, 3.8) is 0 Å². The maximum atomic E-state index is 12.7. The number of hydrogen-bond donors (Lipinski definition) is 1. The van der Waals surface area contributed by atoms with Gasteiger partial charge in [-0.1, -0.05) is 13.8 Å². The molecule has 0 saturated carbocycles. The van der Waals surface area contributed by atoms with E-state index >= 15 is 0 Å². The van der Waals surface area contributed by atoms with E-state index in [1.54, 1.807) is 33.9 Å². The highest BCUT2D eigenvalue weighted by atomic mass is 16.2. The summed E-state index contributed by atoms with van der Waals surface area (Å²) >= 11 is 0. The van der Waals surface area contributed by atoms with Gasteiger partial charge in [0.1, 0.15) is 11.9 Å². The number of fused-ring (bicyclic) bond motifs is 1. The fraction of sp³-hybridized carbons (Fsp3) is 0.467. The van der Waals surface area contributed by atoms with E-state index in [-0.39, 0.29) is 17.7 Å². The zero-order valence-electron chi connectivity index (χ0n) is 12.7. The number of carbonyl (C=O) groups excluding carboxylic acids is 2. The van der Waals surface area contributed by atoms with Gasteiger partial charge in [-0.25, -0.2) is 4.98 Å². The van der Waals surface area contributed by atoms with Crippen LogP contribution in [0.2, 0.25) is 0 Å². The first-order valence-corrected chi connectivity index (χ1v) is 7.47. The smallest absolute Gasteiger partial charge is 0.248 e. The van der Waals surface area contributed by atoms with E-state index < -0.39 is 6.04 Å². The van der Waals surface area contributed by atoms with Gasteiger partial charge in [0, 0.05) is 25.2 Å². The third kappa shape index (κ3) is 2.54. The lowest BCUT2D eigenvalue weighted by Gasteiger charge is -2.29. The summed E-state index contributed by atoms with van der Waals surface area (Å²) in [6, 6.07) is 2.99. The number of rotatable bonds is 4. The maximum absolute atomic E-state index is 12.7. The minimum atomic E-state index is -0.464. The van der Waals surface area contributed by atoms with Gasteiger partial charge in [-0.2, -0.15) is 9.61 Å². The molecule has 1 aliphatic rings. The number of nitrogens with zero attached hydrogens (tertiary/aromatic N) is 4. The Bertz CT molecular complexity index is 709. The Kier molecular flexibility index (Phi) is 3.79. The summed E-state index contributed by atoms with van der Waals surface area (Å²) in [5.74, 6) is 0.454. The van der Waals surface area contributed by atoms with E-state index in [1.807, 2.05) is 13.8 Å². The lowest BCUT2D eigenvalue weighted by molar-refractivity contribution is -0.136. The molecule has 22 heavy (non-hydrogen) atoms. The normalized spacial score (nSPS) is 16.5. The van der Waals surface area contributed by atoms with Crippen LogP contribution in [0, 0.1) is 5.92 Å². The Hall–Kier alpha value is -2.44. The molecule has 1 fully saturated rings. The number of nitrogens with one attached hydrogen (secondary N) is 1. The minimum Gasteiger partial charge on any atom is -0.330 e. The predicted molar refractivity (Wildman–Crippen MR) is 81.2 cm³/mol. The molecular formula is C15H19N5O2. The van der Waals surface area contributed by atoms with Crippen LogP contribution in [0.3, 0.4) is 0 Å². The van der Waals surface area contributed by atoms with Gasteiger partial charge in [-0.3, -0.25) is 9.59 Å². The molecule has 2 aromatic rings. The Balaban J connectivity index is 1.85. The average Bonchev–Trinajstić information content (AvgIpc) is 3.09. The molecule has 1 atom stereocenters. The standard InChI is InChI=1S/C15H19N5O2/c1-10(2)14(19-9-3-4-13(19)21)15(22)18-12-5-7-16-11-6-8-17-20(11)12/h5-8,10,14H,3-4,9H2,1-2H3,(H,18,22)/t14-/m1/s1. The molecule has 0 unspecified atom stereocenters. The van der Waals surface area contributed by atoms with Crippen LogP contribution in [-0.4, -0.2) is 43.9 Å². The molecule has 0 aliphatic carbocycles. The van der Waals surface area contributed by atoms with Crippen molar-refractivity contribution in [3.8, 4) is 0 Å². The largest absolute Gasteiger partial charge is 0.330 e. The highest BCUT2D eigenvalue weighted by Crippen LogP contribution is 2.20. The van der Waals surface area contributed by atoms with Gasteiger partial charge in [0.05, 0.1) is 6.20 Å². The van der Waals surface area contributed by atoms with Crippen molar-refractivity contribution < 1.29 is 9.59 Å². The third-order valence-corrected chi connectivity index (χ3v) is 3.89. The van der Waals surface area contributed by atoms with Gasteiger partial charge >= 0.3 is 0 Å². The molecule has 3 heterocycles. The second-order valence-corrected chi connectivity index (χ2v) is 5.80. The summed E-state index contributed by atoms with van der Waals surface area (Å²) in [4.78, 5) is 30.5. The van der Waals surface area contributed by atoms with E-state index in [2.05, 4.69) is 15.4 Å². The van der Waals surface area contributed by atoms with Crippen molar-refractivity contribution in [1.82, 2.24) is 19.5 Å². The second kappa shape index (κ2) is 5.75. The van der Waals surface area contributed by atoms with Gasteiger partial charge in [-0.15, -0.1) is 0 Å². The molecule has 1 saturated heterocycles. The van der Waals surface area contributed by atoms with Crippen LogP contribution in [0.25, 0.3) is 5.65 Å². The van der Waals surface area contributed by atoms with Crippen molar-refractivity contribution in [1.29, 1.82) is 0 Å². The van der Waals surface area contributed by atoms with Crippen LogP contribution in [0.1, 0.15) is 26.7 Å². The number of amides is 2. The number of aromatic nitrogens is 3. The Morgan fingerprint density at radius 3 is 2.82 bits per heavy atom. The van der Waals surface area contributed by atoms with Crippen molar-refractivity contribution in [2.45, 2.75) is 32.7 Å². The van der Waals surface area contributed by atoms with Crippen LogP contribution in [0.15, 0.2) is 24.5 Å². The first-order chi connectivity index (χ1) is 10.6. The molecule has 0 spiro atoms. The van der Waals surface area contributed by atoms with Crippen molar-refractivity contribution in [2.75, 3.05) is 11.9 Å². The summed E-state index contributed by atoms with van der Waals surface area (Å²) < 4.78 is 1.57. The second-order valence-electron chi connectivity index (χ2n) is 5.80. The quantitative estimate of drug-likeness (QED) is 0.923. The van der Waals surface area contributed by atoms with Crippen LogP contribution in [0.5, 0.6) is 0 Å². The van der Waals surface area contributed by atoms with Gasteiger partial charge in [-0.05, 0) is 18.4 Å². The van der Waals surface area contributed by atoms with Gasteiger partial charge in [0.25, 0.3) is 0 Å². The summed E-state index contributed by atoms with van der Waals surface area (Å²) in [5, 5.41) is 7.02. The van der Waals surface area contributed by atoms with E-state index in [4.69, 9.17) is 0 Å². The molecule has 1 aliphatic heterocycles. The summed E-state index contributed by atoms with van der Waals surface area (Å²) in [7, 11) is 0. The highest BCUT2D eigenvalue weighted by Gasteiger charge is 2.35. The van der Waals surface area contributed by atoms with E-state index in [0.29, 0.717) is 24.4 Å². The molecule has 2 amide bonds. The van der Waals surface area contributed by atoms with Gasteiger partial charge in [0.15, 0.2) is 5.65 Å². The van der Waals surface area contributed by atoms with Crippen molar-refractivity contribution in [2.24, 2.45) is 5.92 Å². The molecular weight excluding hydrogens is 282 g/mol. The number of hydrogen-bond acceptors (Lipinski definition) is 4. The van der Waals surface area contributed by atoms with E-state index in [0.717, 1.165) is 6.42 Å². The number of anilines is 1. The lowest BCUT2D eigenvalue weighted by atomic mass is 10.0. The zero-order chi connectivity index (χ0) is 15.7. The van der Waals surface area contributed by atoms with E-state index in [1.165, 1.54) is 0 Å². The van der Waals surface area contributed by atoms with E-state index in [9.17, 15) is 9.59 Å². The first-order valence-electron chi connectivity index (χ1n) is 7.47. The minimum absolute atomic E-state index is 0.0389. The monoisotopic (exact) mass is 301 g/mol. The number of carbonyl (C=O) groups is 2. The summed E-state index contributed by atoms with van der Waals surface area (Å²) in [6.45, 7) is 4.54. The number of likely N-dealkylation sites (tertiary alicyclic amines) is 1. The van der Waals surface area contributed by atoms with Gasteiger partial charge in [0.2, 0.25) is 11.8 Å². The average molecular weight is 301 g/mol. The van der Waals surface area contributed by atoms with Crippen LogP contribution < -0.4 is 5.32 Å². The molecule has 0 bridgehead atoms. The van der Waals surface area contributed by atoms with Gasteiger partial charge < -0.3 is 10.2 Å². The SMILES string of the molecule is CC(C)[C@H](C(=O)Nc1ccnc2ccnn12)N1CCCC1=O. The summed E-state index contributed by atoms with van der Waals surface area (Å²) in [6.07, 6.45) is 4.59. The Labute approximate surface area is 128 Å². The molecule has 0 aromatic carbocycles. The highest BCUT2D eigenvalue weighted by molar-refractivity contribution is 5.97. The fourth-order valence-corrected chi connectivity index (χ4v) is 2.90. The summed E-state index contributed by atoms with van der Waals surface area (Å²) in [5.41, 5.74) is 0.663. The maximum Gasteiger partial charge on any atom is 0.248 e. The Morgan fingerprint density at radius 1 is 1.32 bits per heavy atom. The van der Waals surface area contributed by atoms with Crippen LogP contribution >= 0.6 is 0 Å².